The van der Waals surface area contributed by atoms with Gasteiger partial charge in [0.2, 0.25) is 0 Å². The predicted octanol–water partition coefficient (Wildman–Crippen LogP) is 4.41. The fourth-order valence-corrected chi connectivity index (χ4v) is 2.25. The average Bonchev–Trinajstić information content (AvgIpc) is 2.52. The summed E-state index contributed by atoms with van der Waals surface area (Å²) in [5.74, 6) is -0.904. The van der Waals surface area contributed by atoms with Crippen LogP contribution in [0.15, 0.2) is 48.5 Å². The van der Waals surface area contributed by atoms with Crippen LogP contribution in [0.3, 0.4) is 0 Å². The number of hydrogen-bond acceptors (Lipinski definition) is 2. The van der Waals surface area contributed by atoms with E-state index in [0.29, 0.717) is 5.02 Å². The van der Waals surface area contributed by atoms with E-state index in [2.05, 4.69) is 0 Å². The normalized spacial score (nSPS) is 12.5. The Bertz CT molecular complexity index is 662. The van der Waals surface area contributed by atoms with Gasteiger partial charge in [-0.1, -0.05) is 66.2 Å². The van der Waals surface area contributed by atoms with Crippen molar-refractivity contribution in [2.24, 2.45) is 0 Å². The monoisotopic (exact) mass is 316 g/mol. The molecule has 114 valence electrons. The number of aliphatic carboxylic acids is 1. The van der Waals surface area contributed by atoms with Gasteiger partial charge in [-0.15, -0.1) is 0 Å². The van der Waals surface area contributed by atoms with Gasteiger partial charge in [0.15, 0.2) is 0 Å². The first-order valence-electron chi connectivity index (χ1n) is 6.98. The second-order valence-electron chi connectivity index (χ2n) is 4.97. The molecule has 0 saturated heterocycles. The zero-order valence-corrected chi connectivity index (χ0v) is 12.7. The Morgan fingerprint density at radius 3 is 2.41 bits per heavy atom. The Labute approximate surface area is 134 Å². The van der Waals surface area contributed by atoms with Crippen LogP contribution in [-0.4, -0.2) is 16.2 Å². The highest BCUT2D eigenvalue weighted by molar-refractivity contribution is 6.32. The molecule has 0 spiro atoms. The standard InChI is InChI=1S/C18H17ClO3/c19-16-4-2-1-3-14(16)8-5-13-6-9-15(10-7-13)17(20)11-12-18(21)22/h1-10,17,20H,11-12H2,(H,21,22)/b8-5+. The molecule has 0 amide bonds. The van der Waals surface area contributed by atoms with Crippen LogP contribution in [0.4, 0.5) is 0 Å². The number of carbonyl (C=O) groups is 1. The van der Waals surface area contributed by atoms with E-state index in [4.69, 9.17) is 16.7 Å². The van der Waals surface area contributed by atoms with Gasteiger partial charge in [0.25, 0.3) is 0 Å². The molecule has 0 aliphatic heterocycles. The van der Waals surface area contributed by atoms with Crippen molar-refractivity contribution in [3.05, 3.63) is 70.2 Å². The number of benzene rings is 2. The summed E-state index contributed by atoms with van der Waals surface area (Å²) in [6.07, 6.45) is 3.28. The van der Waals surface area contributed by atoms with E-state index >= 15 is 0 Å². The first-order chi connectivity index (χ1) is 10.6. The van der Waals surface area contributed by atoms with Gasteiger partial charge in [-0.05, 0) is 29.2 Å². The molecule has 0 fully saturated rings. The van der Waals surface area contributed by atoms with Crippen molar-refractivity contribution in [1.29, 1.82) is 0 Å². The molecule has 0 aliphatic carbocycles. The van der Waals surface area contributed by atoms with Crippen molar-refractivity contribution >= 4 is 29.7 Å². The molecule has 1 unspecified atom stereocenters. The fraction of sp³-hybridized carbons (Fsp3) is 0.167. The van der Waals surface area contributed by atoms with Crippen molar-refractivity contribution in [2.45, 2.75) is 18.9 Å². The molecule has 2 aromatic rings. The van der Waals surface area contributed by atoms with E-state index < -0.39 is 12.1 Å². The zero-order chi connectivity index (χ0) is 15.9. The quantitative estimate of drug-likeness (QED) is 0.776. The molecule has 0 aromatic heterocycles. The molecule has 0 aliphatic rings. The highest BCUT2D eigenvalue weighted by Crippen LogP contribution is 2.21. The lowest BCUT2D eigenvalue weighted by atomic mass is 10.0. The third-order valence-electron chi connectivity index (χ3n) is 3.31. The molecule has 0 saturated carbocycles. The second kappa shape index (κ2) is 7.78. The molecule has 2 N–H and O–H groups in total. The highest BCUT2D eigenvalue weighted by atomic mass is 35.5. The summed E-state index contributed by atoms with van der Waals surface area (Å²) < 4.78 is 0. The van der Waals surface area contributed by atoms with Crippen molar-refractivity contribution in [1.82, 2.24) is 0 Å². The predicted molar refractivity (Wildman–Crippen MR) is 88.7 cm³/mol. The molecule has 1 atom stereocenters. The SMILES string of the molecule is O=C(O)CCC(O)c1ccc(/C=C/c2ccccc2Cl)cc1. The van der Waals surface area contributed by atoms with Gasteiger partial charge in [-0.3, -0.25) is 4.79 Å². The first-order valence-corrected chi connectivity index (χ1v) is 7.36. The fourth-order valence-electron chi connectivity index (χ4n) is 2.05. The molecule has 3 nitrogen and oxygen atoms in total. The van der Waals surface area contributed by atoms with Crippen molar-refractivity contribution in [2.75, 3.05) is 0 Å². The van der Waals surface area contributed by atoms with E-state index in [-0.39, 0.29) is 12.8 Å². The summed E-state index contributed by atoms with van der Waals surface area (Å²) >= 11 is 6.09. The maximum Gasteiger partial charge on any atom is 0.303 e. The number of aliphatic hydroxyl groups is 1. The number of hydrogen-bond donors (Lipinski definition) is 2. The average molecular weight is 317 g/mol. The van der Waals surface area contributed by atoms with Gasteiger partial charge in [0.05, 0.1) is 6.10 Å². The van der Waals surface area contributed by atoms with Crippen LogP contribution >= 0.6 is 11.6 Å². The van der Waals surface area contributed by atoms with Gasteiger partial charge < -0.3 is 10.2 Å². The topological polar surface area (TPSA) is 57.5 Å². The molecule has 2 aromatic carbocycles. The Morgan fingerprint density at radius 2 is 1.77 bits per heavy atom. The van der Waals surface area contributed by atoms with Crippen molar-refractivity contribution in [3.8, 4) is 0 Å². The Morgan fingerprint density at radius 1 is 1.09 bits per heavy atom. The molecule has 22 heavy (non-hydrogen) atoms. The number of halogens is 1. The van der Waals surface area contributed by atoms with Crippen LogP contribution in [0.5, 0.6) is 0 Å². The maximum absolute atomic E-state index is 10.5. The number of carboxylic acids is 1. The third kappa shape index (κ3) is 4.72. The minimum absolute atomic E-state index is 0.0463. The lowest BCUT2D eigenvalue weighted by molar-refractivity contribution is -0.137. The van der Waals surface area contributed by atoms with Crippen molar-refractivity contribution in [3.63, 3.8) is 0 Å². The van der Waals surface area contributed by atoms with E-state index in [1.165, 1.54) is 0 Å². The van der Waals surface area contributed by atoms with Crippen molar-refractivity contribution < 1.29 is 15.0 Å². The minimum Gasteiger partial charge on any atom is -0.481 e. The van der Waals surface area contributed by atoms with Crippen LogP contribution < -0.4 is 0 Å². The van der Waals surface area contributed by atoms with Crippen LogP contribution in [0.1, 0.15) is 35.6 Å². The maximum atomic E-state index is 10.5. The van der Waals surface area contributed by atoms with Crippen LogP contribution in [0, 0.1) is 0 Å². The molecule has 4 heteroatoms. The number of aliphatic hydroxyl groups excluding tert-OH is 1. The summed E-state index contributed by atoms with van der Waals surface area (Å²) in [7, 11) is 0. The van der Waals surface area contributed by atoms with Gasteiger partial charge in [-0.2, -0.15) is 0 Å². The smallest absolute Gasteiger partial charge is 0.303 e. The number of rotatable bonds is 6. The summed E-state index contributed by atoms with van der Waals surface area (Å²) in [5, 5.41) is 19.2. The molecule has 0 radical (unpaired) electrons. The lowest BCUT2D eigenvalue weighted by Crippen LogP contribution is -2.02. The van der Waals surface area contributed by atoms with Gasteiger partial charge in [0.1, 0.15) is 0 Å². The van der Waals surface area contributed by atoms with E-state index in [1.54, 1.807) is 12.1 Å². The Hall–Kier alpha value is -2.10. The molecule has 2 rings (SSSR count). The highest BCUT2D eigenvalue weighted by Gasteiger charge is 2.09. The Kier molecular flexibility index (Phi) is 5.75. The van der Waals surface area contributed by atoms with E-state index in [1.807, 2.05) is 48.6 Å². The second-order valence-corrected chi connectivity index (χ2v) is 5.38. The van der Waals surface area contributed by atoms with E-state index in [0.717, 1.165) is 16.7 Å². The summed E-state index contributed by atoms with van der Waals surface area (Å²) in [6.45, 7) is 0. The van der Waals surface area contributed by atoms with Crippen LogP contribution in [0.25, 0.3) is 12.2 Å². The molecule has 0 bridgehead atoms. The largest absolute Gasteiger partial charge is 0.481 e. The first kappa shape index (κ1) is 16.3. The van der Waals surface area contributed by atoms with E-state index in [9.17, 15) is 9.90 Å². The molecular formula is C18H17ClO3. The summed E-state index contributed by atoms with van der Waals surface area (Å²) in [5.41, 5.74) is 2.64. The minimum atomic E-state index is -0.904. The summed E-state index contributed by atoms with van der Waals surface area (Å²) in [6, 6.07) is 14.9. The summed E-state index contributed by atoms with van der Waals surface area (Å²) in [4.78, 5) is 10.5. The zero-order valence-electron chi connectivity index (χ0n) is 11.9. The number of carboxylic acid groups (broad SMARTS) is 1. The van der Waals surface area contributed by atoms with Crippen LogP contribution in [-0.2, 0) is 4.79 Å². The van der Waals surface area contributed by atoms with Gasteiger partial charge in [0, 0.05) is 11.4 Å². The van der Waals surface area contributed by atoms with Crippen LogP contribution in [0.2, 0.25) is 5.02 Å². The lowest BCUT2D eigenvalue weighted by Gasteiger charge is -2.09. The van der Waals surface area contributed by atoms with Gasteiger partial charge in [-0.25, -0.2) is 0 Å². The molecule has 0 heterocycles. The third-order valence-corrected chi connectivity index (χ3v) is 3.66. The Balaban J connectivity index is 2.03. The molecular weight excluding hydrogens is 300 g/mol. The van der Waals surface area contributed by atoms with Gasteiger partial charge >= 0.3 is 5.97 Å².